The third-order valence-electron chi connectivity index (χ3n) is 13.1. The van der Waals surface area contributed by atoms with Crippen LogP contribution in [-0.4, -0.2) is 23.3 Å². The van der Waals surface area contributed by atoms with E-state index in [-0.39, 0.29) is 18.1 Å². The van der Waals surface area contributed by atoms with Crippen molar-refractivity contribution in [3.05, 3.63) is 224 Å². The van der Waals surface area contributed by atoms with E-state index in [1.165, 1.54) is 0 Å². The zero-order valence-electron chi connectivity index (χ0n) is 37.4. The lowest BCUT2D eigenvalue weighted by Crippen LogP contribution is -2.05. The fraction of sp³-hybridized carbons (Fsp3) is 0. The maximum absolute atomic E-state index is 10.7. The van der Waals surface area contributed by atoms with Crippen molar-refractivity contribution in [2.24, 2.45) is 0 Å². The fourth-order valence-electron chi connectivity index (χ4n) is 10.4. The van der Waals surface area contributed by atoms with Crippen LogP contribution >= 0.6 is 0 Å². The predicted octanol–water partition coefficient (Wildman–Crippen LogP) is 15.1. The molecule has 0 saturated carbocycles. The lowest BCUT2D eigenvalue weighted by molar-refractivity contribution is 1.05. The van der Waals surface area contributed by atoms with Crippen molar-refractivity contribution in [2.45, 2.75) is 0 Å². The maximum Gasteiger partial charge on any atom is 0.140 e. The van der Waals surface area contributed by atoms with Crippen LogP contribution in [0, 0.1) is 0 Å². The van der Waals surface area contributed by atoms with Gasteiger partial charge in [-0.05, 0) is 72.7 Å². The van der Waals surface area contributed by atoms with E-state index in [9.17, 15) is 4.11 Å². The van der Waals surface area contributed by atoms with Crippen LogP contribution in [0.1, 0.15) is 4.11 Å². The Kier molecular flexibility index (Phi) is 6.73. The molecule has 14 rings (SSSR count). The molecule has 0 aliphatic carbocycles. The van der Waals surface area contributed by atoms with Crippen molar-refractivity contribution in [2.75, 3.05) is 0 Å². The molecular formula is C59H37N5. The molecule has 64 heavy (non-hydrogen) atoms. The first kappa shape index (κ1) is 32.1. The smallest absolute Gasteiger partial charge is 0.140 e. The molecular weight excluding hydrogens is 779 g/mol. The van der Waals surface area contributed by atoms with Gasteiger partial charge in [-0.1, -0.05) is 146 Å². The molecule has 0 saturated heterocycles. The molecule has 0 radical (unpaired) electrons. The molecule has 5 heteroatoms. The summed E-state index contributed by atoms with van der Waals surface area (Å²) in [5.74, 6) is 0.666. The van der Waals surface area contributed by atoms with E-state index in [4.69, 9.17) is 4.98 Å². The van der Waals surface area contributed by atoms with Crippen LogP contribution in [0.3, 0.4) is 0 Å². The highest BCUT2D eigenvalue weighted by molar-refractivity contribution is 6.13. The molecule has 5 heterocycles. The number of fused-ring (bicyclic) bond motifs is 12. The Morgan fingerprint density at radius 1 is 0.312 bits per heavy atom. The summed E-state index contributed by atoms with van der Waals surface area (Å²) in [6.07, 6.45) is 0. The standard InChI is InChI=1S/C59H37N5/c1-9-25-50-40(17-1)41-18-2-10-26-51(41)61(50)38-33-34-58(63-54-29-13-5-21-44(54)45-22-6-14-30-55(45)63)48(35-38)49-36-39(62-52-27-11-3-19-42(52)43-20-4-12-28-53(43)62)37-59(60-49)64-56-31-15-7-23-46(56)47-24-8-16-32-57(47)64/h1-37H/i33D,34D,35D. The van der Waals surface area contributed by atoms with Crippen molar-refractivity contribution in [3.8, 4) is 34.1 Å². The number of nitrogens with zero attached hydrogens (tertiary/aromatic N) is 5. The van der Waals surface area contributed by atoms with Gasteiger partial charge in [0.25, 0.3) is 0 Å². The van der Waals surface area contributed by atoms with Gasteiger partial charge in [-0.2, -0.15) is 0 Å². The summed E-state index contributed by atoms with van der Waals surface area (Å²) in [5, 5.41) is 8.53. The number of hydrogen-bond donors (Lipinski definition) is 0. The van der Waals surface area contributed by atoms with Gasteiger partial charge in [0.2, 0.25) is 0 Å². The van der Waals surface area contributed by atoms with Gasteiger partial charge < -0.3 is 13.7 Å². The number of rotatable bonds is 5. The summed E-state index contributed by atoms with van der Waals surface area (Å²) in [4.78, 5) is 5.69. The number of benzene rings is 9. The minimum absolute atomic E-state index is 0.00292. The van der Waals surface area contributed by atoms with Gasteiger partial charge in [0.15, 0.2) is 0 Å². The Morgan fingerprint density at radius 3 is 1.00 bits per heavy atom. The average molecular weight is 819 g/mol. The average Bonchev–Trinajstić information content (AvgIpc) is 4.11. The largest absolute Gasteiger partial charge is 0.309 e. The molecule has 0 spiro atoms. The van der Waals surface area contributed by atoms with E-state index in [0.29, 0.717) is 28.5 Å². The van der Waals surface area contributed by atoms with Gasteiger partial charge in [-0.25, -0.2) is 4.98 Å². The van der Waals surface area contributed by atoms with E-state index in [2.05, 4.69) is 159 Å². The molecule has 14 aromatic rings. The first-order chi connectivity index (χ1) is 33.0. The summed E-state index contributed by atoms with van der Waals surface area (Å²) < 4.78 is 39.8. The Labute approximate surface area is 371 Å². The quantitative estimate of drug-likeness (QED) is 0.170. The Bertz CT molecular complexity index is 4050. The van der Waals surface area contributed by atoms with Crippen LogP contribution in [0.15, 0.2) is 224 Å². The highest BCUT2D eigenvalue weighted by Crippen LogP contribution is 2.42. The first-order valence-electron chi connectivity index (χ1n) is 23.2. The van der Waals surface area contributed by atoms with E-state index in [1.54, 1.807) is 0 Å². The second kappa shape index (κ2) is 13.4. The fourth-order valence-corrected chi connectivity index (χ4v) is 10.4. The summed E-state index contributed by atoms with van der Waals surface area (Å²) in [6.45, 7) is 0. The SMILES string of the molecule is [2H]c1c([2H])c(-n2c3ccccc3c3ccccc32)c(-c2cc(-n3c4ccccc4c4ccccc43)cc(-n3c4ccccc4c4ccccc43)n2)c([2H])c1-n1c2ccccc2c2ccccc21. The van der Waals surface area contributed by atoms with Crippen molar-refractivity contribution < 1.29 is 4.11 Å². The number of pyridine rings is 1. The van der Waals surface area contributed by atoms with Crippen LogP contribution in [0.2, 0.25) is 0 Å². The topological polar surface area (TPSA) is 32.6 Å². The van der Waals surface area contributed by atoms with Gasteiger partial charge in [-0.3, -0.25) is 4.57 Å². The molecule has 0 amide bonds. The lowest BCUT2D eigenvalue weighted by Gasteiger charge is -2.19. The summed E-state index contributed by atoms with van der Waals surface area (Å²) in [7, 11) is 0. The van der Waals surface area contributed by atoms with Crippen LogP contribution in [0.25, 0.3) is 121 Å². The maximum atomic E-state index is 10.7. The number of para-hydroxylation sites is 8. The van der Waals surface area contributed by atoms with Gasteiger partial charge in [0.05, 0.1) is 65.3 Å². The van der Waals surface area contributed by atoms with Gasteiger partial charge in [-0.15, -0.1) is 0 Å². The highest BCUT2D eigenvalue weighted by atomic mass is 15.1. The molecule has 0 atom stereocenters. The molecule has 0 aliphatic rings. The van der Waals surface area contributed by atoms with Gasteiger partial charge >= 0.3 is 0 Å². The Balaban J connectivity index is 1.19. The van der Waals surface area contributed by atoms with Gasteiger partial charge in [0, 0.05) is 60.4 Å². The summed E-state index contributed by atoms with van der Waals surface area (Å²) in [5.41, 5.74) is 10.1. The van der Waals surface area contributed by atoms with E-state index >= 15 is 0 Å². The number of hydrogen-bond acceptors (Lipinski definition) is 1. The second-order valence-corrected chi connectivity index (χ2v) is 16.5. The molecule has 5 nitrogen and oxygen atoms in total. The zero-order valence-corrected chi connectivity index (χ0v) is 34.4. The van der Waals surface area contributed by atoms with E-state index in [0.717, 1.165) is 92.9 Å². The monoisotopic (exact) mass is 818 g/mol. The molecule has 5 aromatic heterocycles. The van der Waals surface area contributed by atoms with Crippen molar-refractivity contribution in [1.82, 2.24) is 23.3 Å². The minimum Gasteiger partial charge on any atom is -0.309 e. The van der Waals surface area contributed by atoms with Crippen molar-refractivity contribution in [1.29, 1.82) is 0 Å². The van der Waals surface area contributed by atoms with Crippen LogP contribution in [0.5, 0.6) is 0 Å². The predicted molar refractivity (Wildman–Crippen MR) is 267 cm³/mol. The lowest BCUT2D eigenvalue weighted by atomic mass is 10.1. The molecule has 0 N–H and O–H groups in total. The van der Waals surface area contributed by atoms with Crippen LogP contribution in [-0.2, 0) is 0 Å². The highest BCUT2D eigenvalue weighted by Gasteiger charge is 2.23. The minimum atomic E-state index is -0.0432. The Hall–Kier alpha value is -8.67. The number of aromatic nitrogens is 5. The third-order valence-corrected chi connectivity index (χ3v) is 13.1. The third kappa shape index (κ3) is 4.92. The molecule has 0 unspecified atom stereocenters. The summed E-state index contributed by atoms with van der Waals surface area (Å²) >= 11 is 0. The van der Waals surface area contributed by atoms with E-state index in [1.807, 2.05) is 65.2 Å². The molecule has 298 valence electrons. The van der Waals surface area contributed by atoms with Crippen LogP contribution < -0.4 is 0 Å². The van der Waals surface area contributed by atoms with Crippen molar-refractivity contribution in [3.63, 3.8) is 0 Å². The summed E-state index contributed by atoms with van der Waals surface area (Å²) in [6, 6.07) is 70.9. The molecule has 0 fully saturated rings. The molecule has 9 aromatic carbocycles. The first-order valence-corrected chi connectivity index (χ1v) is 21.7. The van der Waals surface area contributed by atoms with Crippen LogP contribution in [0.4, 0.5) is 0 Å². The second-order valence-electron chi connectivity index (χ2n) is 16.5. The van der Waals surface area contributed by atoms with Gasteiger partial charge in [0.1, 0.15) is 5.82 Å². The molecule has 0 bridgehead atoms. The van der Waals surface area contributed by atoms with Crippen molar-refractivity contribution >= 4 is 87.2 Å². The Morgan fingerprint density at radius 2 is 0.625 bits per heavy atom. The van der Waals surface area contributed by atoms with E-state index < -0.39 is 0 Å². The zero-order chi connectivity index (χ0) is 44.5. The normalized spacial score (nSPS) is 12.7. The molecule has 0 aliphatic heterocycles.